The maximum atomic E-state index is 12.5. The van der Waals surface area contributed by atoms with Crippen LogP contribution in [0, 0.1) is 0 Å². The average molecular weight is 336 g/mol. The maximum Gasteiger partial charge on any atom is 0.342 e. The van der Waals surface area contributed by atoms with Crippen molar-refractivity contribution in [2.24, 2.45) is 0 Å². The molecule has 5 nitrogen and oxygen atoms in total. The summed E-state index contributed by atoms with van der Waals surface area (Å²) in [5.74, 6) is 0.678. The van der Waals surface area contributed by atoms with Crippen molar-refractivity contribution in [2.75, 3.05) is 19.5 Å². The quantitative estimate of drug-likeness (QED) is 0.717. The minimum Gasteiger partial charge on any atom is -0.497 e. The number of carbonyl (C=O) groups is 1. The Morgan fingerprint density at radius 3 is 2.36 bits per heavy atom. The van der Waals surface area contributed by atoms with Crippen LogP contribution in [0.2, 0.25) is 0 Å². The highest BCUT2D eigenvalue weighted by Crippen LogP contribution is 2.33. The van der Waals surface area contributed by atoms with Gasteiger partial charge in [0, 0.05) is 17.4 Å². The van der Waals surface area contributed by atoms with Crippen molar-refractivity contribution in [3.8, 4) is 22.6 Å². The van der Waals surface area contributed by atoms with Gasteiger partial charge in [0.2, 0.25) is 0 Å². The zero-order valence-electron chi connectivity index (χ0n) is 14.2. The molecule has 25 heavy (non-hydrogen) atoms. The monoisotopic (exact) mass is 336 g/mol. The molecule has 0 aliphatic rings. The van der Waals surface area contributed by atoms with E-state index in [4.69, 9.17) is 15.2 Å². The molecule has 2 N–H and O–H groups in total. The van der Waals surface area contributed by atoms with Gasteiger partial charge in [-0.25, -0.2) is 4.79 Å². The van der Waals surface area contributed by atoms with Crippen LogP contribution in [-0.2, 0) is 4.74 Å². The highest BCUT2D eigenvalue weighted by molar-refractivity contribution is 6.02. The standard InChI is InChI=1S/C20H20N2O3/c1-3-25-20(23)18-17(14-7-5-4-6-8-14)13-22(19(18)21)15-9-11-16(24-2)12-10-15/h4-13H,3,21H2,1-2H3. The molecule has 0 saturated carbocycles. The number of benzene rings is 2. The van der Waals surface area contributed by atoms with E-state index in [0.717, 1.165) is 22.6 Å². The van der Waals surface area contributed by atoms with E-state index in [9.17, 15) is 4.79 Å². The summed E-state index contributed by atoms with van der Waals surface area (Å²) in [6, 6.07) is 17.1. The van der Waals surface area contributed by atoms with Gasteiger partial charge in [0.1, 0.15) is 17.1 Å². The van der Waals surface area contributed by atoms with Gasteiger partial charge in [-0.3, -0.25) is 0 Å². The van der Waals surface area contributed by atoms with Crippen LogP contribution in [0.4, 0.5) is 5.82 Å². The van der Waals surface area contributed by atoms with Gasteiger partial charge >= 0.3 is 5.97 Å². The fourth-order valence-corrected chi connectivity index (χ4v) is 2.73. The number of aromatic nitrogens is 1. The van der Waals surface area contributed by atoms with Crippen molar-refractivity contribution in [2.45, 2.75) is 6.92 Å². The van der Waals surface area contributed by atoms with Crippen molar-refractivity contribution >= 4 is 11.8 Å². The average Bonchev–Trinajstić information content (AvgIpc) is 3.00. The number of nitrogen functional groups attached to an aromatic ring is 1. The summed E-state index contributed by atoms with van der Waals surface area (Å²) in [5, 5.41) is 0. The molecule has 128 valence electrons. The normalized spacial score (nSPS) is 10.5. The number of carbonyl (C=O) groups excluding carboxylic acids is 1. The molecule has 0 atom stereocenters. The fourth-order valence-electron chi connectivity index (χ4n) is 2.73. The Kier molecular flexibility index (Phi) is 4.75. The Balaban J connectivity index is 2.15. The SMILES string of the molecule is CCOC(=O)c1c(-c2ccccc2)cn(-c2ccc(OC)cc2)c1N. The van der Waals surface area contributed by atoms with Gasteiger partial charge in [0.15, 0.2) is 0 Å². The number of hydrogen-bond donors (Lipinski definition) is 1. The minimum atomic E-state index is -0.425. The molecular weight excluding hydrogens is 316 g/mol. The number of hydrogen-bond acceptors (Lipinski definition) is 4. The lowest BCUT2D eigenvalue weighted by molar-refractivity contribution is 0.0528. The molecule has 3 rings (SSSR count). The highest BCUT2D eigenvalue weighted by Gasteiger charge is 2.23. The number of esters is 1. The van der Waals surface area contributed by atoms with Crippen molar-refractivity contribution in [1.82, 2.24) is 4.57 Å². The first-order valence-electron chi connectivity index (χ1n) is 8.03. The second kappa shape index (κ2) is 7.13. The number of nitrogens with zero attached hydrogens (tertiary/aromatic N) is 1. The van der Waals surface area contributed by atoms with Gasteiger partial charge in [-0.2, -0.15) is 0 Å². The van der Waals surface area contributed by atoms with Crippen LogP contribution in [0.1, 0.15) is 17.3 Å². The molecule has 0 amide bonds. The van der Waals surface area contributed by atoms with E-state index >= 15 is 0 Å². The summed E-state index contributed by atoms with van der Waals surface area (Å²) < 4.78 is 12.2. The molecule has 3 aromatic rings. The molecule has 2 aromatic carbocycles. The van der Waals surface area contributed by atoms with Crippen molar-refractivity contribution < 1.29 is 14.3 Å². The van der Waals surface area contributed by atoms with Crippen LogP contribution in [0.3, 0.4) is 0 Å². The first-order chi connectivity index (χ1) is 12.2. The third kappa shape index (κ3) is 3.21. The van der Waals surface area contributed by atoms with Gasteiger partial charge in [-0.1, -0.05) is 30.3 Å². The molecule has 5 heteroatoms. The number of nitrogens with two attached hydrogens (primary N) is 1. The summed E-state index contributed by atoms with van der Waals surface area (Å²) in [6.07, 6.45) is 1.86. The molecule has 0 fully saturated rings. The Morgan fingerprint density at radius 1 is 1.08 bits per heavy atom. The van der Waals surface area contributed by atoms with Crippen molar-refractivity contribution in [1.29, 1.82) is 0 Å². The summed E-state index contributed by atoms with van der Waals surface area (Å²) in [6.45, 7) is 2.07. The van der Waals surface area contributed by atoms with Crippen LogP contribution >= 0.6 is 0 Å². The first-order valence-corrected chi connectivity index (χ1v) is 8.03. The van der Waals surface area contributed by atoms with Crippen LogP contribution < -0.4 is 10.5 Å². The Hall–Kier alpha value is -3.21. The van der Waals surface area contributed by atoms with Gasteiger partial charge in [0.05, 0.1) is 13.7 Å². The summed E-state index contributed by atoms with van der Waals surface area (Å²) in [5.41, 5.74) is 9.17. The summed E-state index contributed by atoms with van der Waals surface area (Å²) >= 11 is 0. The Labute approximate surface area is 146 Å². The molecule has 0 spiro atoms. The Bertz CT molecular complexity index is 868. The van der Waals surface area contributed by atoms with Crippen molar-refractivity contribution in [3.63, 3.8) is 0 Å². The van der Waals surface area contributed by atoms with Gasteiger partial charge in [-0.05, 0) is 36.8 Å². The molecule has 0 aliphatic heterocycles. The third-order valence-electron chi connectivity index (χ3n) is 3.96. The van der Waals surface area contributed by atoms with E-state index < -0.39 is 5.97 Å². The largest absolute Gasteiger partial charge is 0.497 e. The number of ether oxygens (including phenoxy) is 2. The molecule has 1 heterocycles. The van der Waals surface area contributed by atoms with Crippen LogP contribution in [0.25, 0.3) is 16.8 Å². The van der Waals surface area contributed by atoms with Gasteiger partial charge < -0.3 is 19.8 Å². The molecule has 0 saturated heterocycles. The van der Waals surface area contributed by atoms with Crippen LogP contribution in [0.15, 0.2) is 60.8 Å². The first kappa shape index (κ1) is 16.6. The zero-order valence-corrected chi connectivity index (χ0v) is 14.2. The summed E-state index contributed by atoms with van der Waals surface area (Å²) in [7, 11) is 1.62. The number of anilines is 1. The predicted molar refractivity (Wildman–Crippen MR) is 98.1 cm³/mol. The molecule has 0 aliphatic carbocycles. The van der Waals surface area contributed by atoms with E-state index in [2.05, 4.69) is 0 Å². The van der Waals surface area contributed by atoms with Crippen LogP contribution in [-0.4, -0.2) is 24.3 Å². The third-order valence-corrected chi connectivity index (χ3v) is 3.96. The molecule has 0 unspecified atom stereocenters. The Morgan fingerprint density at radius 2 is 1.76 bits per heavy atom. The fraction of sp³-hybridized carbons (Fsp3) is 0.150. The summed E-state index contributed by atoms with van der Waals surface area (Å²) in [4.78, 5) is 12.5. The van der Waals surface area contributed by atoms with E-state index in [1.165, 1.54) is 0 Å². The molecule has 1 aromatic heterocycles. The topological polar surface area (TPSA) is 66.5 Å². The smallest absolute Gasteiger partial charge is 0.342 e. The van der Waals surface area contributed by atoms with Gasteiger partial charge in [-0.15, -0.1) is 0 Å². The lowest BCUT2D eigenvalue weighted by atomic mass is 10.0. The molecular formula is C20H20N2O3. The van der Waals surface area contributed by atoms with E-state index in [1.807, 2.05) is 60.8 Å². The van der Waals surface area contributed by atoms with E-state index in [1.54, 1.807) is 18.6 Å². The lowest BCUT2D eigenvalue weighted by Crippen LogP contribution is -2.09. The number of methoxy groups -OCH3 is 1. The van der Waals surface area contributed by atoms with Gasteiger partial charge in [0.25, 0.3) is 0 Å². The lowest BCUT2D eigenvalue weighted by Gasteiger charge is -2.08. The van der Waals surface area contributed by atoms with Crippen molar-refractivity contribution in [3.05, 3.63) is 66.4 Å². The number of rotatable bonds is 5. The van der Waals surface area contributed by atoms with E-state index in [0.29, 0.717) is 18.0 Å². The second-order valence-electron chi connectivity index (χ2n) is 5.46. The highest BCUT2D eigenvalue weighted by atomic mass is 16.5. The van der Waals surface area contributed by atoms with Crippen LogP contribution in [0.5, 0.6) is 5.75 Å². The predicted octanol–water partition coefficient (Wildman–Crippen LogP) is 3.91. The molecule has 0 bridgehead atoms. The second-order valence-corrected chi connectivity index (χ2v) is 5.46. The van der Waals surface area contributed by atoms with E-state index in [-0.39, 0.29) is 0 Å². The zero-order chi connectivity index (χ0) is 17.8. The minimum absolute atomic E-state index is 0.292. The maximum absolute atomic E-state index is 12.5. The molecule has 0 radical (unpaired) electrons.